The van der Waals surface area contributed by atoms with Crippen LogP contribution < -0.4 is 5.32 Å². The second kappa shape index (κ2) is 8.08. The van der Waals surface area contributed by atoms with Gasteiger partial charge in [0.15, 0.2) is 0 Å². The molecular weight excluding hydrogens is 232 g/mol. The molecule has 0 saturated heterocycles. The van der Waals surface area contributed by atoms with E-state index < -0.39 is 5.97 Å². The van der Waals surface area contributed by atoms with Crippen LogP contribution in [-0.4, -0.2) is 48.1 Å². The molecule has 1 amide bonds. The molecule has 0 radical (unpaired) electrons. The van der Waals surface area contributed by atoms with Crippen LogP contribution in [0.15, 0.2) is 0 Å². The smallest absolute Gasteiger partial charge is 0.303 e. The van der Waals surface area contributed by atoms with Crippen molar-refractivity contribution in [3.8, 4) is 0 Å². The molecule has 18 heavy (non-hydrogen) atoms. The molecule has 1 fully saturated rings. The minimum absolute atomic E-state index is 0.0553. The molecule has 0 bridgehead atoms. The highest BCUT2D eigenvalue weighted by Gasteiger charge is 2.16. The van der Waals surface area contributed by atoms with Gasteiger partial charge in [-0.15, -0.1) is 0 Å². The lowest BCUT2D eigenvalue weighted by atomic mass is 9.95. The van der Waals surface area contributed by atoms with Crippen LogP contribution in [0.3, 0.4) is 0 Å². The molecule has 1 aliphatic carbocycles. The van der Waals surface area contributed by atoms with Gasteiger partial charge in [-0.1, -0.05) is 19.3 Å². The summed E-state index contributed by atoms with van der Waals surface area (Å²) in [6.07, 6.45) is 6.63. The fraction of sp³-hybridized carbons (Fsp3) is 0.846. The summed E-state index contributed by atoms with van der Waals surface area (Å²) < 4.78 is 0. The number of carbonyl (C=O) groups is 2. The number of hydrogen-bond acceptors (Lipinski definition) is 3. The summed E-state index contributed by atoms with van der Waals surface area (Å²) in [5.41, 5.74) is 0. The second-order valence-corrected chi connectivity index (χ2v) is 5.14. The number of hydrogen-bond donors (Lipinski definition) is 2. The third kappa shape index (κ3) is 6.59. The molecule has 0 unspecified atom stereocenters. The van der Waals surface area contributed by atoms with Gasteiger partial charge in [0.2, 0.25) is 5.91 Å². The standard InChI is InChI=1S/C13H24N2O3/c1-15(9-5-8-13(17)18)10-12(16)14-11-6-3-2-4-7-11/h11H,2-10H2,1H3,(H,14,16)(H,17,18). The predicted molar refractivity (Wildman–Crippen MR) is 69.4 cm³/mol. The van der Waals surface area contributed by atoms with E-state index in [0.717, 1.165) is 12.8 Å². The van der Waals surface area contributed by atoms with Gasteiger partial charge in [0, 0.05) is 12.5 Å². The van der Waals surface area contributed by atoms with Crippen molar-refractivity contribution in [3.05, 3.63) is 0 Å². The van der Waals surface area contributed by atoms with Crippen molar-refractivity contribution in [2.75, 3.05) is 20.1 Å². The number of nitrogens with one attached hydrogen (secondary N) is 1. The van der Waals surface area contributed by atoms with E-state index in [4.69, 9.17) is 5.11 Å². The fourth-order valence-corrected chi connectivity index (χ4v) is 2.34. The van der Waals surface area contributed by atoms with Gasteiger partial charge in [0.25, 0.3) is 0 Å². The highest BCUT2D eigenvalue weighted by Crippen LogP contribution is 2.17. The topological polar surface area (TPSA) is 69.6 Å². The van der Waals surface area contributed by atoms with Crippen molar-refractivity contribution >= 4 is 11.9 Å². The van der Waals surface area contributed by atoms with Gasteiger partial charge < -0.3 is 10.4 Å². The number of carbonyl (C=O) groups excluding carboxylic acids is 1. The maximum Gasteiger partial charge on any atom is 0.303 e. The molecule has 1 saturated carbocycles. The van der Waals surface area contributed by atoms with Crippen molar-refractivity contribution < 1.29 is 14.7 Å². The maximum atomic E-state index is 11.7. The molecule has 104 valence electrons. The lowest BCUT2D eigenvalue weighted by Crippen LogP contribution is -2.42. The summed E-state index contributed by atoms with van der Waals surface area (Å²) in [6.45, 7) is 1.00. The van der Waals surface area contributed by atoms with Gasteiger partial charge in [-0.05, 0) is 32.9 Å². The van der Waals surface area contributed by atoms with E-state index in [1.165, 1.54) is 19.3 Å². The Balaban J connectivity index is 2.12. The SMILES string of the molecule is CN(CCCC(=O)O)CC(=O)NC1CCCCC1. The number of amides is 1. The normalized spacial score (nSPS) is 16.8. The van der Waals surface area contributed by atoms with Gasteiger partial charge in [-0.25, -0.2) is 0 Å². The number of carboxylic acid groups (broad SMARTS) is 1. The molecular formula is C13H24N2O3. The van der Waals surface area contributed by atoms with Crippen molar-refractivity contribution in [1.82, 2.24) is 10.2 Å². The van der Waals surface area contributed by atoms with E-state index in [2.05, 4.69) is 5.32 Å². The summed E-state index contributed by atoms with van der Waals surface area (Å²) in [6, 6.07) is 0.346. The zero-order chi connectivity index (χ0) is 13.4. The first kappa shape index (κ1) is 15.0. The maximum absolute atomic E-state index is 11.7. The molecule has 0 aromatic carbocycles. The van der Waals surface area contributed by atoms with Gasteiger partial charge >= 0.3 is 5.97 Å². The molecule has 0 aromatic rings. The van der Waals surface area contributed by atoms with E-state index in [1.807, 2.05) is 11.9 Å². The third-order valence-corrected chi connectivity index (χ3v) is 3.31. The Hall–Kier alpha value is -1.10. The van der Waals surface area contributed by atoms with E-state index in [0.29, 0.717) is 25.6 Å². The summed E-state index contributed by atoms with van der Waals surface area (Å²) in [4.78, 5) is 24.0. The Morgan fingerprint density at radius 3 is 2.56 bits per heavy atom. The largest absolute Gasteiger partial charge is 0.481 e. The highest BCUT2D eigenvalue weighted by molar-refractivity contribution is 5.78. The Bertz CT molecular complexity index is 275. The Labute approximate surface area is 109 Å². The quantitative estimate of drug-likeness (QED) is 0.719. The van der Waals surface area contributed by atoms with Crippen molar-refractivity contribution in [1.29, 1.82) is 0 Å². The van der Waals surface area contributed by atoms with Gasteiger partial charge in [0.1, 0.15) is 0 Å². The first-order chi connectivity index (χ1) is 8.58. The second-order valence-electron chi connectivity index (χ2n) is 5.14. The summed E-state index contributed by atoms with van der Waals surface area (Å²) in [5, 5.41) is 11.6. The summed E-state index contributed by atoms with van der Waals surface area (Å²) in [5.74, 6) is -0.727. The third-order valence-electron chi connectivity index (χ3n) is 3.31. The van der Waals surface area contributed by atoms with E-state index in [-0.39, 0.29) is 12.3 Å². The lowest BCUT2D eigenvalue weighted by Gasteiger charge is -2.24. The van der Waals surface area contributed by atoms with Gasteiger partial charge in [-0.3, -0.25) is 14.5 Å². The molecule has 1 aliphatic rings. The van der Waals surface area contributed by atoms with Crippen molar-refractivity contribution in [2.24, 2.45) is 0 Å². The average molecular weight is 256 g/mol. The van der Waals surface area contributed by atoms with Gasteiger partial charge in [0.05, 0.1) is 6.54 Å². The number of carboxylic acids is 1. The van der Waals surface area contributed by atoms with Gasteiger partial charge in [-0.2, -0.15) is 0 Å². The minimum atomic E-state index is -0.782. The highest BCUT2D eigenvalue weighted by atomic mass is 16.4. The number of likely N-dealkylation sites (N-methyl/N-ethyl adjacent to an activating group) is 1. The fourth-order valence-electron chi connectivity index (χ4n) is 2.34. The summed E-state index contributed by atoms with van der Waals surface area (Å²) in [7, 11) is 1.85. The van der Waals surface area contributed by atoms with Crippen LogP contribution in [0.4, 0.5) is 0 Å². The molecule has 0 aromatic heterocycles. The van der Waals surface area contributed by atoms with Crippen LogP contribution in [0.1, 0.15) is 44.9 Å². The molecule has 0 atom stereocenters. The number of aliphatic carboxylic acids is 1. The minimum Gasteiger partial charge on any atom is -0.481 e. The van der Waals surface area contributed by atoms with Crippen LogP contribution in [0.2, 0.25) is 0 Å². The van der Waals surface area contributed by atoms with Crippen molar-refractivity contribution in [3.63, 3.8) is 0 Å². The van der Waals surface area contributed by atoms with E-state index >= 15 is 0 Å². The van der Waals surface area contributed by atoms with Crippen LogP contribution in [0.5, 0.6) is 0 Å². The zero-order valence-corrected chi connectivity index (χ0v) is 11.2. The van der Waals surface area contributed by atoms with Crippen LogP contribution in [0, 0.1) is 0 Å². The number of rotatable bonds is 7. The predicted octanol–water partition coefficient (Wildman–Crippen LogP) is 1.23. The average Bonchev–Trinajstić information content (AvgIpc) is 2.29. The number of nitrogens with zero attached hydrogens (tertiary/aromatic N) is 1. The van der Waals surface area contributed by atoms with E-state index in [9.17, 15) is 9.59 Å². The molecule has 0 aliphatic heterocycles. The molecule has 1 rings (SSSR count). The molecule has 5 heteroatoms. The Morgan fingerprint density at radius 2 is 1.94 bits per heavy atom. The molecule has 0 heterocycles. The van der Waals surface area contributed by atoms with Crippen LogP contribution in [-0.2, 0) is 9.59 Å². The monoisotopic (exact) mass is 256 g/mol. The first-order valence-corrected chi connectivity index (χ1v) is 6.77. The van der Waals surface area contributed by atoms with Crippen molar-refractivity contribution in [2.45, 2.75) is 51.0 Å². The van der Waals surface area contributed by atoms with Crippen LogP contribution >= 0.6 is 0 Å². The zero-order valence-electron chi connectivity index (χ0n) is 11.2. The molecule has 5 nitrogen and oxygen atoms in total. The van der Waals surface area contributed by atoms with Crippen LogP contribution in [0.25, 0.3) is 0 Å². The molecule has 0 spiro atoms. The Kier molecular flexibility index (Phi) is 6.72. The van der Waals surface area contributed by atoms with E-state index in [1.54, 1.807) is 0 Å². The first-order valence-electron chi connectivity index (χ1n) is 6.77. The lowest BCUT2D eigenvalue weighted by molar-refractivity contribution is -0.137. The molecule has 2 N–H and O–H groups in total. The summed E-state index contributed by atoms with van der Waals surface area (Å²) >= 11 is 0. The Morgan fingerprint density at radius 1 is 1.28 bits per heavy atom.